The molecule has 0 aliphatic carbocycles. The molecule has 0 fully saturated rings. The number of hydrogen-bond donors (Lipinski definition) is 2. The van der Waals surface area contributed by atoms with Gasteiger partial charge in [0.05, 0.1) is 6.33 Å². The number of nitrogens with one attached hydrogen (secondary N) is 1. The molecule has 0 aliphatic rings. The maximum Gasteiger partial charge on any atom is 0.165 e. The number of phenolic OH excluding ortho intramolecular Hbond substituents is 1. The first-order chi connectivity index (χ1) is 10.2. The molecule has 0 unspecified atom stereocenters. The fourth-order valence-electron chi connectivity index (χ4n) is 2.09. The van der Waals surface area contributed by atoms with Crippen LogP contribution < -0.4 is 5.32 Å². The third-order valence-corrected chi connectivity index (χ3v) is 3.20. The molecule has 106 valence electrons. The lowest BCUT2D eigenvalue weighted by molar-refractivity contribution is 0.427. The number of anilines is 1. The van der Waals surface area contributed by atoms with Crippen molar-refractivity contribution in [3.05, 3.63) is 72.6 Å². The minimum Gasteiger partial charge on any atom is -0.505 e. The molecule has 1 aromatic heterocycles. The number of benzene rings is 2. The lowest BCUT2D eigenvalue weighted by Crippen LogP contribution is -2.01. The van der Waals surface area contributed by atoms with Gasteiger partial charge in [-0.3, -0.25) is 0 Å². The molecule has 0 aliphatic heterocycles. The van der Waals surface area contributed by atoms with Gasteiger partial charge >= 0.3 is 0 Å². The molecule has 3 aromatic rings. The second-order valence-corrected chi connectivity index (χ2v) is 4.62. The van der Waals surface area contributed by atoms with Crippen LogP contribution in [0.4, 0.5) is 10.1 Å². The molecule has 3 rings (SSSR count). The number of rotatable bonds is 4. The van der Waals surface area contributed by atoms with Crippen LogP contribution in [0.5, 0.6) is 5.75 Å². The lowest BCUT2D eigenvalue weighted by Gasteiger charge is -2.10. The number of hydrogen-bond acceptors (Lipinski definition) is 3. The molecule has 0 saturated carbocycles. The van der Waals surface area contributed by atoms with Crippen molar-refractivity contribution in [2.24, 2.45) is 0 Å². The molecule has 21 heavy (non-hydrogen) atoms. The maximum atomic E-state index is 13.3. The van der Waals surface area contributed by atoms with Gasteiger partial charge in [-0.25, -0.2) is 9.37 Å². The normalized spacial score (nSPS) is 10.5. The van der Waals surface area contributed by atoms with Crippen LogP contribution in [0.15, 0.2) is 61.2 Å². The van der Waals surface area contributed by atoms with Crippen LogP contribution in [-0.4, -0.2) is 14.7 Å². The van der Waals surface area contributed by atoms with E-state index in [4.69, 9.17) is 0 Å². The largest absolute Gasteiger partial charge is 0.505 e. The molecule has 2 N–H and O–H groups in total. The van der Waals surface area contributed by atoms with Gasteiger partial charge in [0.1, 0.15) is 0 Å². The molecule has 4 nitrogen and oxygen atoms in total. The molecular formula is C16H14FN3O. The summed E-state index contributed by atoms with van der Waals surface area (Å²) in [5.41, 5.74) is 2.37. The van der Waals surface area contributed by atoms with Crippen LogP contribution in [-0.2, 0) is 6.54 Å². The molecule has 0 radical (unpaired) electrons. The summed E-state index contributed by atoms with van der Waals surface area (Å²) in [6.45, 7) is 0.344. The summed E-state index contributed by atoms with van der Waals surface area (Å²) in [5, 5.41) is 12.8. The average molecular weight is 283 g/mol. The fraction of sp³-hybridized carbons (Fsp3) is 0.0625. The van der Waals surface area contributed by atoms with E-state index in [1.54, 1.807) is 24.7 Å². The van der Waals surface area contributed by atoms with E-state index in [0.29, 0.717) is 12.1 Å². The number of imidazole rings is 1. The lowest BCUT2D eigenvalue weighted by atomic mass is 10.2. The number of para-hydroxylation sites is 1. The Labute approximate surface area is 121 Å². The quantitative estimate of drug-likeness (QED) is 0.772. The Morgan fingerprint density at radius 1 is 1.19 bits per heavy atom. The van der Waals surface area contributed by atoms with Gasteiger partial charge in [-0.2, -0.15) is 0 Å². The first-order valence-electron chi connectivity index (χ1n) is 6.52. The summed E-state index contributed by atoms with van der Waals surface area (Å²) < 4.78 is 15.2. The topological polar surface area (TPSA) is 50.1 Å². The Kier molecular flexibility index (Phi) is 3.55. The summed E-state index contributed by atoms with van der Waals surface area (Å²) >= 11 is 0. The standard InChI is InChI=1S/C16H14FN3O/c17-15-6-1-3-12(16(15)21)10-19-13-4-2-5-14(9-13)20-8-7-18-11-20/h1-9,11,19,21H,10H2. The number of phenols is 1. The highest BCUT2D eigenvalue weighted by molar-refractivity contribution is 5.52. The highest BCUT2D eigenvalue weighted by Crippen LogP contribution is 2.22. The molecule has 0 bridgehead atoms. The molecule has 0 spiro atoms. The van der Waals surface area contributed by atoms with E-state index in [1.807, 2.05) is 35.0 Å². The highest BCUT2D eigenvalue weighted by Gasteiger charge is 2.06. The van der Waals surface area contributed by atoms with Crippen LogP contribution in [0.2, 0.25) is 0 Å². The summed E-state index contributed by atoms with van der Waals surface area (Å²) in [4.78, 5) is 4.01. The molecular weight excluding hydrogens is 269 g/mol. The summed E-state index contributed by atoms with van der Waals surface area (Å²) in [6, 6.07) is 12.3. The van der Waals surface area contributed by atoms with Crippen molar-refractivity contribution in [1.29, 1.82) is 0 Å². The number of aromatic hydroxyl groups is 1. The monoisotopic (exact) mass is 283 g/mol. The molecule has 0 saturated heterocycles. The van der Waals surface area contributed by atoms with E-state index in [1.165, 1.54) is 6.07 Å². The van der Waals surface area contributed by atoms with Crippen LogP contribution in [0, 0.1) is 5.82 Å². The number of nitrogens with zero attached hydrogens (tertiary/aromatic N) is 2. The van der Waals surface area contributed by atoms with Crippen molar-refractivity contribution in [2.45, 2.75) is 6.54 Å². The predicted molar refractivity (Wildman–Crippen MR) is 79.0 cm³/mol. The molecule has 2 aromatic carbocycles. The molecule has 0 atom stereocenters. The van der Waals surface area contributed by atoms with Gasteiger partial charge < -0.3 is 15.0 Å². The minimum atomic E-state index is -0.610. The van der Waals surface area contributed by atoms with Crippen LogP contribution >= 0.6 is 0 Å². The van der Waals surface area contributed by atoms with Crippen LogP contribution in [0.1, 0.15) is 5.56 Å². The summed E-state index contributed by atoms with van der Waals surface area (Å²) in [6.07, 6.45) is 5.29. The Hall–Kier alpha value is -2.82. The van der Waals surface area contributed by atoms with Crippen molar-refractivity contribution in [2.75, 3.05) is 5.32 Å². The average Bonchev–Trinajstić information content (AvgIpc) is 3.03. The molecule has 0 amide bonds. The smallest absolute Gasteiger partial charge is 0.165 e. The summed E-state index contributed by atoms with van der Waals surface area (Å²) in [7, 11) is 0. The van der Waals surface area contributed by atoms with Gasteiger partial charge in [0.2, 0.25) is 0 Å². The summed E-state index contributed by atoms with van der Waals surface area (Å²) in [5.74, 6) is -0.919. The Morgan fingerprint density at radius 3 is 2.86 bits per heavy atom. The Morgan fingerprint density at radius 2 is 2.05 bits per heavy atom. The SMILES string of the molecule is Oc1c(F)cccc1CNc1cccc(-n2ccnc2)c1. The predicted octanol–water partition coefficient (Wildman–Crippen LogP) is 3.33. The molecule has 1 heterocycles. The van der Waals surface area contributed by atoms with Crippen molar-refractivity contribution in [3.8, 4) is 11.4 Å². The Balaban J connectivity index is 1.77. The number of halogens is 1. The van der Waals surface area contributed by atoms with E-state index >= 15 is 0 Å². The number of aromatic nitrogens is 2. The fourth-order valence-corrected chi connectivity index (χ4v) is 2.09. The minimum absolute atomic E-state index is 0.309. The second kappa shape index (κ2) is 5.66. The van der Waals surface area contributed by atoms with Crippen LogP contribution in [0.3, 0.4) is 0 Å². The van der Waals surface area contributed by atoms with E-state index in [0.717, 1.165) is 11.4 Å². The zero-order valence-electron chi connectivity index (χ0n) is 11.2. The van der Waals surface area contributed by atoms with Gasteiger partial charge in [-0.05, 0) is 24.3 Å². The zero-order chi connectivity index (χ0) is 14.7. The van der Waals surface area contributed by atoms with Gasteiger partial charge in [0, 0.05) is 35.9 Å². The van der Waals surface area contributed by atoms with E-state index in [2.05, 4.69) is 10.3 Å². The maximum absolute atomic E-state index is 13.3. The first-order valence-corrected chi connectivity index (χ1v) is 6.52. The van der Waals surface area contributed by atoms with Crippen molar-refractivity contribution in [3.63, 3.8) is 0 Å². The van der Waals surface area contributed by atoms with Gasteiger partial charge in [-0.1, -0.05) is 18.2 Å². The third-order valence-electron chi connectivity index (χ3n) is 3.20. The highest BCUT2D eigenvalue weighted by atomic mass is 19.1. The van der Waals surface area contributed by atoms with Crippen molar-refractivity contribution >= 4 is 5.69 Å². The van der Waals surface area contributed by atoms with E-state index in [-0.39, 0.29) is 5.75 Å². The first kappa shape index (κ1) is 13.2. The van der Waals surface area contributed by atoms with Crippen LogP contribution in [0.25, 0.3) is 5.69 Å². The third kappa shape index (κ3) is 2.86. The van der Waals surface area contributed by atoms with Gasteiger partial charge in [0.25, 0.3) is 0 Å². The molecule has 5 heteroatoms. The van der Waals surface area contributed by atoms with E-state index in [9.17, 15) is 9.50 Å². The van der Waals surface area contributed by atoms with Gasteiger partial charge in [0.15, 0.2) is 11.6 Å². The van der Waals surface area contributed by atoms with Crippen molar-refractivity contribution in [1.82, 2.24) is 9.55 Å². The van der Waals surface area contributed by atoms with Gasteiger partial charge in [-0.15, -0.1) is 0 Å². The second-order valence-electron chi connectivity index (χ2n) is 4.62. The van der Waals surface area contributed by atoms with E-state index < -0.39 is 5.82 Å². The van der Waals surface area contributed by atoms with Crippen molar-refractivity contribution < 1.29 is 9.50 Å². The zero-order valence-corrected chi connectivity index (χ0v) is 11.2. The Bertz CT molecular complexity index is 741.